The van der Waals surface area contributed by atoms with Crippen molar-refractivity contribution in [2.45, 2.75) is 76.7 Å². The predicted molar refractivity (Wildman–Crippen MR) is 125 cm³/mol. The number of hydrogen-bond donors (Lipinski definition) is 1. The van der Waals surface area contributed by atoms with E-state index in [1.165, 1.54) is 27.6 Å². The highest BCUT2D eigenvalue weighted by atomic mass is 32.1. The third-order valence-electron chi connectivity index (χ3n) is 5.33. The van der Waals surface area contributed by atoms with E-state index in [0.717, 1.165) is 24.3 Å². The largest absolute Gasteiger partial charge is 0.412 e. The minimum atomic E-state index is 0. The van der Waals surface area contributed by atoms with Crippen LogP contribution in [0.1, 0.15) is 64.7 Å². The maximum atomic E-state index is 4.92. The Morgan fingerprint density at radius 3 is 2.00 bits per heavy atom. The van der Waals surface area contributed by atoms with Crippen LogP contribution in [0.3, 0.4) is 0 Å². The summed E-state index contributed by atoms with van der Waals surface area (Å²) in [6, 6.07) is 15.6. The first-order chi connectivity index (χ1) is 12.6. The van der Waals surface area contributed by atoms with Crippen molar-refractivity contribution in [1.29, 1.82) is 0 Å². The Kier molecular flexibility index (Phi) is 6.73. The normalized spacial score (nSPS) is 12.2. The predicted octanol–water partition coefficient (Wildman–Crippen LogP) is 6.33. The van der Waals surface area contributed by atoms with Crippen LogP contribution in [0.4, 0.5) is 0 Å². The molecule has 0 radical (unpaired) electrons. The molecule has 0 amide bonds. The van der Waals surface area contributed by atoms with Gasteiger partial charge in [0, 0.05) is 23.2 Å². The fourth-order valence-corrected chi connectivity index (χ4v) is 4.57. The van der Waals surface area contributed by atoms with Gasteiger partial charge in [0.2, 0.25) is 0 Å². The first-order valence-electron chi connectivity index (χ1n) is 9.98. The second kappa shape index (κ2) is 8.34. The molecular formula is C25H35NOS. The topological polar surface area (TPSA) is 36.4 Å². The van der Waals surface area contributed by atoms with E-state index in [2.05, 4.69) is 94.8 Å². The maximum absolute atomic E-state index is 4.92. The average molecular weight is 398 g/mol. The number of fused-ring (bicyclic) bond motifs is 1. The minimum Gasteiger partial charge on any atom is -0.412 e. The summed E-state index contributed by atoms with van der Waals surface area (Å²) >= 11 is 4.92. The number of aryl methyl sites for hydroxylation is 2. The van der Waals surface area contributed by atoms with Crippen LogP contribution in [-0.4, -0.2) is 10.0 Å². The molecule has 152 valence electrons. The first kappa shape index (κ1) is 22.6. The van der Waals surface area contributed by atoms with Crippen LogP contribution >= 0.6 is 12.6 Å². The van der Waals surface area contributed by atoms with Gasteiger partial charge in [0.25, 0.3) is 0 Å². The molecule has 3 rings (SSSR count). The smallest absolute Gasteiger partial charge is 0.0480 e. The van der Waals surface area contributed by atoms with Gasteiger partial charge in [0.1, 0.15) is 0 Å². The molecule has 0 saturated carbocycles. The molecule has 0 aliphatic rings. The average Bonchev–Trinajstić information content (AvgIpc) is 2.97. The van der Waals surface area contributed by atoms with Crippen LogP contribution in [0, 0.1) is 0 Å². The van der Waals surface area contributed by atoms with Gasteiger partial charge in [-0.1, -0.05) is 71.9 Å². The van der Waals surface area contributed by atoms with Gasteiger partial charge in [-0.15, -0.1) is 12.6 Å². The van der Waals surface area contributed by atoms with Crippen LogP contribution in [0.25, 0.3) is 10.9 Å². The molecule has 3 heteroatoms. The van der Waals surface area contributed by atoms with Gasteiger partial charge >= 0.3 is 0 Å². The summed E-state index contributed by atoms with van der Waals surface area (Å²) in [5.74, 6) is 0. The molecule has 2 nitrogen and oxygen atoms in total. The lowest BCUT2D eigenvalue weighted by Crippen LogP contribution is -2.19. The van der Waals surface area contributed by atoms with E-state index >= 15 is 0 Å². The summed E-state index contributed by atoms with van der Waals surface area (Å²) in [7, 11) is 0. The van der Waals surface area contributed by atoms with Gasteiger partial charge < -0.3 is 10.0 Å². The number of thiol groups is 1. The molecule has 0 spiro atoms. The zero-order valence-electron chi connectivity index (χ0n) is 18.1. The van der Waals surface area contributed by atoms with Crippen molar-refractivity contribution in [3.63, 3.8) is 0 Å². The zero-order valence-corrected chi connectivity index (χ0v) is 19.0. The molecule has 0 fully saturated rings. The van der Waals surface area contributed by atoms with E-state index in [0.29, 0.717) is 0 Å². The highest BCUT2D eigenvalue weighted by Crippen LogP contribution is 2.37. The Morgan fingerprint density at radius 2 is 1.43 bits per heavy atom. The van der Waals surface area contributed by atoms with Crippen LogP contribution in [0.2, 0.25) is 0 Å². The van der Waals surface area contributed by atoms with Crippen molar-refractivity contribution >= 4 is 23.5 Å². The summed E-state index contributed by atoms with van der Waals surface area (Å²) in [4.78, 5) is 1.16. The van der Waals surface area contributed by atoms with Crippen molar-refractivity contribution in [2.24, 2.45) is 0 Å². The molecule has 28 heavy (non-hydrogen) atoms. The van der Waals surface area contributed by atoms with Gasteiger partial charge in [-0.05, 0) is 57.9 Å². The van der Waals surface area contributed by atoms with Gasteiger partial charge in [0.05, 0.1) is 0 Å². The van der Waals surface area contributed by atoms with E-state index in [-0.39, 0.29) is 16.3 Å². The second-order valence-electron chi connectivity index (χ2n) is 9.71. The monoisotopic (exact) mass is 397 g/mol. The van der Waals surface area contributed by atoms with Gasteiger partial charge in [-0.25, -0.2) is 0 Å². The quantitative estimate of drug-likeness (QED) is 0.499. The Bertz CT molecular complexity index is 906. The van der Waals surface area contributed by atoms with Crippen molar-refractivity contribution in [1.82, 2.24) is 4.57 Å². The van der Waals surface area contributed by atoms with Crippen LogP contribution < -0.4 is 0 Å². The number of aromatic nitrogens is 1. The lowest BCUT2D eigenvalue weighted by Gasteiger charge is -2.29. The zero-order chi connectivity index (χ0) is 19.8. The fourth-order valence-electron chi connectivity index (χ4n) is 3.77. The molecule has 0 saturated heterocycles. The molecular weight excluding hydrogens is 362 g/mol. The highest BCUT2D eigenvalue weighted by molar-refractivity contribution is 7.80. The first-order valence-corrected chi connectivity index (χ1v) is 10.4. The Morgan fingerprint density at radius 1 is 0.857 bits per heavy atom. The number of rotatable bonds is 4. The molecule has 0 unspecified atom stereocenters. The van der Waals surface area contributed by atoms with Crippen LogP contribution in [0.15, 0.2) is 53.6 Å². The van der Waals surface area contributed by atoms with Crippen molar-refractivity contribution in [2.75, 3.05) is 0 Å². The minimum absolute atomic E-state index is 0. The summed E-state index contributed by atoms with van der Waals surface area (Å²) in [5.41, 5.74) is 5.68. The number of nitrogens with zero attached hydrogens (tertiary/aromatic N) is 1. The Balaban J connectivity index is 0.00000280. The standard InChI is InChI=1S/C25H33NS.H2O/c1-24(2,3)20-16-18(17-21(23(20)27)25(4,5)6)10-9-14-26-15-13-19-11-7-8-12-22(19)26;/h7-8,11-13,15-17,27H,9-10,14H2,1-6H3;1H2. The SMILES string of the molecule is CC(C)(C)c1cc(CCCn2ccc3ccccc32)cc(C(C)(C)C)c1S.O. The molecule has 0 bridgehead atoms. The van der Waals surface area contributed by atoms with E-state index in [4.69, 9.17) is 12.6 Å². The van der Waals surface area contributed by atoms with Crippen molar-refractivity contribution < 1.29 is 5.48 Å². The van der Waals surface area contributed by atoms with Crippen LogP contribution in [-0.2, 0) is 23.8 Å². The molecule has 1 aromatic heterocycles. The van der Waals surface area contributed by atoms with Gasteiger partial charge in [-0.3, -0.25) is 0 Å². The molecule has 2 aromatic carbocycles. The number of para-hydroxylation sites is 1. The van der Waals surface area contributed by atoms with Crippen molar-refractivity contribution in [3.05, 3.63) is 65.4 Å². The summed E-state index contributed by atoms with van der Waals surface area (Å²) in [6.45, 7) is 14.7. The Hall–Kier alpha value is -1.71. The molecule has 0 aliphatic carbocycles. The third kappa shape index (κ3) is 4.82. The third-order valence-corrected chi connectivity index (χ3v) is 5.81. The number of benzene rings is 2. The van der Waals surface area contributed by atoms with Crippen LogP contribution in [0.5, 0.6) is 0 Å². The second-order valence-corrected chi connectivity index (χ2v) is 10.2. The fraction of sp³-hybridized carbons (Fsp3) is 0.440. The van der Waals surface area contributed by atoms with E-state index in [1.54, 1.807) is 0 Å². The van der Waals surface area contributed by atoms with E-state index in [1.807, 2.05) is 0 Å². The van der Waals surface area contributed by atoms with Gasteiger partial charge in [0.15, 0.2) is 0 Å². The Labute approximate surface area is 175 Å². The lowest BCUT2D eigenvalue weighted by atomic mass is 9.79. The van der Waals surface area contributed by atoms with Crippen molar-refractivity contribution in [3.8, 4) is 0 Å². The van der Waals surface area contributed by atoms with E-state index in [9.17, 15) is 0 Å². The van der Waals surface area contributed by atoms with Gasteiger partial charge in [-0.2, -0.15) is 0 Å². The molecule has 0 atom stereocenters. The molecule has 1 heterocycles. The molecule has 3 aromatic rings. The summed E-state index contributed by atoms with van der Waals surface area (Å²) < 4.78 is 2.37. The maximum Gasteiger partial charge on any atom is 0.0480 e. The molecule has 2 N–H and O–H groups in total. The number of hydrogen-bond acceptors (Lipinski definition) is 1. The van der Waals surface area contributed by atoms with E-state index < -0.39 is 0 Å². The summed E-state index contributed by atoms with van der Waals surface area (Å²) in [6.07, 6.45) is 4.44. The highest BCUT2D eigenvalue weighted by Gasteiger charge is 2.24. The lowest BCUT2D eigenvalue weighted by molar-refractivity contribution is 0.544. The summed E-state index contributed by atoms with van der Waals surface area (Å²) in [5, 5.41) is 1.32. The molecule has 0 aliphatic heterocycles.